The summed E-state index contributed by atoms with van der Waals surface area (Å²) in [6.07, 6.45) is 3.59. The van der Waals surface area contributed by atoms with Crippen molar-refractivity contribution >= 4 is 5.52 Å². The molecule has 0 saturated heterocycles. The molecule has 5 heteroatoms. The molecule has 1 unspecified atom stereocenters. The summed E-state index contributed by atoms with van der Waals surface area (Å²) in [7, 11) is 1.89. The highest BCUT2D eigenvalue weighted by Gasteiger charge is 2.07. The maximum Gasteiger partial charge on any atom is 0.276 e. The van der Waals surface area contributed by atoms with Crippen LogP contribution in [0.1, 0.15) is 12.6 Å². The van der Waals surface area contributed by atoms with E-state index >= 15 is 0 Å². The largest absolute Gasteiger partial charge is 0.315 e. The fraction of sp³-hybridized carbons (Fsp3) is 0.455. The fourth-order valence-electron chi connectivity index (χ4n) is 1.68. The molecule has 2 heterocycles. The van der Waals surface area contributed by atoms with Gasteiger partial charge in [0, 0.05) is 25.0 Å². The van der Waals surface area contributed by atoms with Crippen LogP contribution < -0.4 is 10.9 Å². The third-order valence-corrected chi connectivity index (χ3v) is 2.69. The first-order valence-corrected chi connectivity index (χ1v) is 5.34. The van der Waals surface area contributed by atoms with E-state index in [0.717, 1.165) is 5.69 Å². The number of fused-ring (bicyclic) bond motifs is 1. The second-order valence-electron chi connectivity index (χ2n) is 4.06. The number of aromatic nitrogens is 3. The molecule has 0 aromatic carbocycles. The predicted octanol–water partition coefficient (Wildman–Crippen LogP) is 0.412. The fourth-order valence-corrected chi connectivity index (χ4v) is 1.68. The molecule has 16 heavy (non-hydrogen) atoms. The Hall–Kier alpha value is -1.62. The van der Waals surface area contributed by atoms with Gasteiger partial charge in [0.1, 0.15) is 5.52 Å². The van der Waals surface area contributed by atoms with Crippen LogP contribution in [0.3, 0.4) is 0 Å². The number of nitrogens with zero attached hydrogens (tertiary/aromatic N) is 3. The highest BCUT2D eigenvalue weighted by molar-refractivity contribution is 5.44. The summed E-state index contributed by atoms with van der Waals surface area (Å²) in [5, 5.41) is 7.31. The normalized spacial score (nSPS) is 13.2. The minimum atomic E-state index is 0.00481. The van der Waals surface area contributed by atoms with Crippen molar-refractivity contribution in [3.05, 3.63) is 34.5 Å². The van der Waals surface area contributed by atoms with Crippen LogP contribution in [0, 0.1) is 6.92 Å². The molecular formula is C11H16N4O. The molecule has 0 spiro atoms. The monoisotopic (exact) mass is 220 g/mol. The van der Waals surface area contributed by atoms with Crippen molar-refractivity contribution in [3.63, 3.8) is 0 Å². The molecule has 2 aromatic heterocycles. The topological polar surface area (TPSA) is 51.3 Å². The van der Waals surface area contributed by atoms with E-state index < -0.39 is 0 Å². The van der Waals surface area contributed by atoms with E-state index in [9.17, 15) is 4.79 Å². The van der Waals surface area contributed by atoms with E-state index in [4.69, 9.17) is 0 Å². The first-order valence-electron chi connectivity index (χ1n) is 5.34. The summed E-state index contributed by atoms with van der Waals surface area (Å²) in [5.41, 5.74) is 1.49. The van der Waals surface area contributed by atoms with Crippen LogP contribution in [-0.4, -0.2) is 27.3 Å². The van der Waals surface area contributed by atoms with Crippen molar-refractivity contribution in [2.45, 2.75) is 26.4 Å². The Labute approximate surface area is 93.7 Å². The standard InChI is InChI=1S/C11H16N4O/c1-8-6-10-11(16)14(7-9(2)12-3)4-5-15(10)13-8/h4-6,9,12H,7H2,1-3H3. The molecule has 2 aromatic rings. The van der Waals surface area contributed by atoms with Crippen molar-refractivity contribution in [2.24, 2.45) is 0 Å². The van der Waals surface area contributed by atoms with Crippen LogP contribution in [0.4, 0.5) is 0 Å². The number of likely N-dealkylation sites (N-methyl/N-ethyl adjacent to an activating group) is 1. The quantitative estimate of drug-likeness (QED) is 0.815. The molecule has 0 amide bonds. The average Bonchev–Trinajstić information content (AvgIpc) is 2.64. The van der Waals surface area contributed by atoms with E-state index in [1.54, 1.807) is 15.3 Å². The summed E-state index contributed by atoms with van der Waals surface area (Å²) >= 11 is 0. The lowest BCUT2D eigenvalue weighted by Crippen LogP contribution is -2.32. The molecule has 5 nitrogen and oxygen atoms in total. The molecule has 0 radical (unpaired) electrons. The molecule has 0 bridgehead atoms. The second kappa shape index (κ2) is 4.09. The van der Waals surface area contributed by atoms with Crippen molar-refractivity contribution in [1.29, 1.82) is 0 Å². The lowest BCUT2D eigenvalue weighted by molar-refractivity contribution is 0.504. The van der Waals surface area contributed by atoms with Gasteiger partial charge in [0.2, 0.25) is 0 Å². The molecule has 0 aliphatic carbocycles. The van der Waals surface area contributed by atoms with Crippen molar-refractivity contribution in [3.8, 4) is 0 Å². The van der Waals surface area contributed by atoms with E-state index in [1.165, 1.54) is 0 Å². The highest BCUT2D eigenvalue weighted by Crippen LogP contribution is 2.00. The summed E-state index contributed by atoms with van der Waals surface area (Å²) in [4.78, 5) is 12.1. The molecule has 0 aliphatic heterocycles. The van der Waals surface area contributed by atoms with E-state index in [-0.39, 0.29) is 11.6 Å². The number of hydrogen-bond acceptors (Lipinski definition) is 3. The summed E-state index contributed by atoms with van der Waals surface area (Å²) in [5.74, 6) is 0. The number of nitrogens with one attached hydrogen (secondary N) is 1. The van der Waals surface area contributed by atoms with Crippen LogP contribution >= 0.6 is 0 Å². The van der Waals surface area contributed by atoms with Gasteiger partial charge in [0.05, 0.1) is 5.69 Å². The molecular weight excluding hydrogens is 204 g/mol. The van der Waals surface area contributed by atoms with Gasteiger partial charge >= 0.3 is 0 Å². The molecule has 1 N–H and O–H groups in total. The van der Waals surface area contributed by atoms with Gasteiger partial charge in [-0.2, -0.15) is 5.10 Å². The van der Waals surface area contributed by atoms with Gasteiger partial charge in [-0.3, -0.25) is 4.79 Å². The van der Waals surface area contributed by atoms with Crippen LogP contribution in [0.2, 0.25) is 0 Å². The Morgan fingerprint density at radius 2 is 2.25 bits per heavy atom. The third-order valence-electron chi connectivity index (χ3n) is 2.69. The van der Waals surface area contributed by atoms with E-state index in [1.807, 2.05) is 33.2 Å². The van der Waals surface area contributed by atoms with Crippen LogP contribution in [-0.2, 0) is 6.54 Å². The Balaban J connectivity index is 2.48. The molecule has 0 aliphatic rings. The summed E-state index contributed by atoms with van der Waals surface area (Å²) in [6.45, 7) is 4.58. The Bertz CT molecular complexity index is 555. The number of aryl methyl sites for hydroxylation is 1. The van der Waals surface area contributed by atoms with Gasteiger partial charge in [0.25, 0.3) is 5.56 Å². The summed E-state index contributed by atoms with van der Waals surface area (Å²) in [6, 6.07) is 2.08. The van der Waals surface area contributed by atoms with Crippen molar-refractivity contribution < 1.29 is 0 Å². The zero-order valence-corrected chi connectivity index (χ0v) is 9.77. The van der Waals surface area contributed by atoms with E-state index in [2.05, 4.69) is 10.4 Å². The first kappa shape index (κ1) is 10.9. The zero-order valence-electron chi connectivity index (χ0n) is 9.77. The van der Waals surface area contributed by atoms with Gasteiger partial charge in [-0.15, -0.1) is 0 Å². The van der Waals surface area contributed by atoms with Crippen molar-refractivity contribution in [2.75, 3.05) is 7.05 Å². The van der Waals surface area contributed by atoms with Gasteiger partial charge < -0.3 is 9.88 Å². The number of hydrogen-bond donors (Lipinski definition) is 1. The minimum Gasteiger partial charge on any atom is -0.315 e. The Kier molecular flexibility index (Phi) is 2.78. The Morgan fingerprint density at radius 1 is 1.50 bits per heavy atom. The van der Waals surface area contributed by atoms with Crippen LogP contribution in [0.25, 0.3) is 5.52 Å². The predicted molar refractivity (Wildman–Crippen MR) is 62.7 cm³/mol. The van der Waals surface area contributed by atoms with Crippen LogP contribution in [0.15, 0.2) is 23.3 Å². The Morgan fingerprint density at radius 3 is 2.94 bits per heavy atom. The van der Waals surface area contributed by atoms with Gasteiger partial charge in [-0.05, 0) is 27.0 Å². The summed E-state index contributed by atoms with van der Waals surface area (Å²) < 4.78 is 3.33. The van der Waals surface area contributed by atoms with Crippen molar-refractivity contribution in [1.82, 2.24) is 19.5 Å². The third kappa shape index (κ3) is 1.86. The van der Waals surface area contributed by atoms with Gasteiger partial charge in [-0.25, -0.2) is 4.52 Å². The first-order chi connectivity index (χ1) is 7.61. The zero-order chi connectivity index (χ0) is 11.7. The highest BCUT2D eigenvalue weighted by atomic mass is 16.1. The lowest BCUT2D eigenvalue weighted by Gasteiger charge is -2.12. The maximum atomic E-state index is 12.1. The number of rotatable bonds is 3. The maximum absolute atomic E-state index is 12.1. The smallest absolute Gasteiger partial charge is 0.276 e. The molecule has 1 atom stereocenters. The molecule has 2 rings (SSSR count). The average molecular weight is 220 g/mol. The van der Waals surface area contributed by atoms with Gasteiger partial charge in [-0.1, -0.05) is 0 Å². The molecule has 0 saturated carbocycles. The second-order valence-corrected chi connectivity index (χ2v) is 4.06. The molecule has 0 fully saturated rings. The van der Waals surface area contributed by atoms with Gasteiger partial charge in [0.15, 0.2) is 0 Å². The minimum absolute atomic E-state index is 0.00481. The SMILES string of the molecule is CNC(C)Cn1ccn2nc(C)cc2c1=O. The van der Waals surface area contributed by atoms with Crippen LogP contribution in [0.5, 0.6) is 0 Å². The lowest BCUT2D eigenvalue weighted by atomic mass is 10.3. The molecule has 86 valence electrons. The van der Waals surface area contributed by atoms with E-state index in [0.29, 0.717) is 12.1 Å².